The van der Waals surface area contributed by atoms with Crippen LogP contribution in [0.5, 0.6) is 0 Å². The molecule has 126 valence electrons. The minimum Gasteiger partial charge on any atom is -0.326 e. The molecule has 6 heteroatoms. The number of unbranched alkanes of at least 4 members (excludes halogenated alkanes) is 1. The van der Waals surface area contributed by atoms with Crippen molar-refractivity contribution in [1.29, 1.82) is 0 Å². The van der Waals surface area contributed by atoms with E-state index in [9.17, 15) is 18.4 Å². The number of nitrogens with one attached hydrogen (secondary N) is 2. The van der Waals surface area contributed by atoms with E-state index >= 15 is 0 Å². The molecule has 4 nitrogen and oxygen atoms in total. The molecule has 0 aliphatic carbocycles. The van der Waals surface area contributed by atoms with E-state index in [1.54, 1.807) is 12.1 Å². The van der Waals surface area contributed by atoms with Gasteiger partial charge in [0.1, 0.15) is 11.6 Å². The number of rotatable bonds is 6. The lowest BCUT2D eigenvalue weighted by atomic mass is 10.1. The van der Waals surface area contributed by atoms with Crippen LogP contribution in [0.3, 0.4) is 0 Å². The maximum absolute atomic E-state index is 13.5. The highest BCUT2D eigenvalue weighted by Gasteiger charge is 2.10. The van der Waals surface area contributed by atoms with E-state index in [2.05, 4.69) is 10.6 Å². The monoisotopic (exact) mass is 332 g/mol. The van der Waals surface area contributed by atoms with Crippen LogP contribution >= 0.6 is 0 Å². The summed E-state index contributed by atoms with van der Waals surface area (Å²) < 4.78 is 26.4. The van der Waals surface area contributed by atoms with Gasteiger partial charge in [-0.15, -0.1) is 0 Å². The average Bonchev–Trinajstić information content (AvgIpc) is 2.56. The van der Waals surface area contributed by atoms with Gasteiger partial charge in [-0.25, -0.2) is 8.78 Å². The largest absolute Gasteiger partial charge is 0.326 e. The Balaban J connectivity index is 1.99. The van der Waals surface area contributed by atoms with Gasteiger partial charge in [-0.1, -0.05) is 13.3 Å². The number of benzene rings is 2. The Hall–Kier alpha value is -2.76. The van der Waals surface area contributed by atoms with Crippen molar-refractivity contribution in [3.8, 4) is 0 Å². The van der Waals surface area contributed by atoms with Crippen molar-refractivity contribution in [3.63, 3.8) is 0 Å². The number of hydrogen-bond acceptors (Lipinski definition) is 2. The molecule has 0 heterocycles. The van der Waals surface area contributed by atoms with Crippen LogP contribution in [-0.4, -0.2) is 11.8 Å². The third kappa shape index (κ3) is 4.87. The van der Waals surface area contributed by atoms with Crippen molar-refractivity contribution in [2.24, 2.45) is 0 Å². The molecule has 0 fully saturated rings. The lowest BCUT2D eigenvalue weighted by Crippen LogP contribution is -2.14. The molecular weight excluding hydrogens is 314 g/mol. The van der Waals surface area contributed by atoms with Crippen molar-refractivity contribution in [2.75, 3.05) is 10.6 Å². The second-order valence-electron chi connectivity index (χ2n) is 5.31. The molecular formula is C18H18F2N2O2. The van der Waals surface area contributed by atoms with Gasteiger partial charge in [0.2, 0.25) is 5.91 Å². The highest BCUT2D eigenvalue weighted by atomic mass is 19.1. The summed E-state index contributed by atoms with van der Waals surface area (Å²) in [5.41, 5.74) is 0.782. The highest BCUT2D eigenvalue weighted by Crippen LogP contribution is 2.17. The Labute approximate surface area is 138 Å². The quantitative estimate of drug-likeness (QED) is 0.826. The van der Waals surface area contributed by atoms with Crippen LogP contribution in [0, 0.1) is 11.6 Å². The minimum atomic E-state index is -0.844. The summed E-state index contributed by atoms with van der Waals surface area (Å²) in [7, 11) is 0. The fourth-order valence-corrected chi connectivity index (χ4v) is 2.05. The zero-order chi connectivity index (χ0) is 17.5. The van der Waals surface area contributed by atoms with E-state index in [0.717, 1.165) is 25.0 Å². The second kappa shape index (κ2) is 8.19. The average molecular weight is 332 g/mol. The minimum absolute atomic E-state index is 0.0811. The maximum atomic E-state index is 13.5. The first-order valence-electron chi connectivity index (χ1n) is 7.66. The Morgan fingerprint density at radius 2 is 1.71 bits per heavy atom. The van der Waals surface area contributed by atoms with Crippen LogP contribution in [-0.2, 0) is 4.79 Å². The molecule has 0 aliphatic heterocycles. The molecule has 2 rings (SSSR count). The van der Waals surface area contributed by atoms with Gasteiger partial charge in [0.25, 0.3) is 5.91 Å². The number of anilines is 2. The fourth-order valence-electron chi connectivity index (χ4n) is 2.05. The lowest BCUT2D eigenvalue weighted by molar-refractivity contribution is -0.116. The number of carbonyl (C=O) groups excluding carboxylic acids is 2. The van der Waals surface area contributed by atoms with Gasteiger partial charge >= 0.3 is 0 Å². The molecule has 0 atom stereocenters. The molecule has 0 aromatic heterocycles. The summed E-state index contributed by atoms with van der Waals surface area (Å²) in [5.74, 6) is -2.16. The Bertz CT molecular complexity index is 730. The van der Waals surface area contributed by atoms with E-state index < -0.39 is 17.5 Å². The number of hydrogen-bond donors (Lipinski definition) is 2. The van der Waals surface area contributed by atoms with Crippen LogP contribution in [0.2, 0.25) is 0 Å². The lowest BCUT2D eigenvalue weighted by Gasteiger charge is -2.08. The summed E-state index contributed by atoms with van der Waals surface area (Å²) in [6.07, 6.45) is 2.20. The Kier molecular flexibility index (Phi) is 6.01. The van der Waals surface area contributed by atoms with Crippen LogP contribution in [0.15, 0.2) is 42.5 Å². The van der Waals surface area contributed by atoms with E-state index in [4.69, 9.17) is 0 Å². The third-order valence-electron chi connectivity index (χ3n) is 3.37. The predicted molar refractivity (Wildman–Crippen MR) is 88.9 cm³/mol. The predicted octanol–water partition coefficient (Wildman–Crippen LogP) is 4.35. The second-order valence-corrected chi connectivity index (χ2v) is 5.31. The number of amides is 2. The summed E-state index contributed by atoms with van der Waals surface area (Å²) in [4.78, 5) is 23.7. The molecule has 0 spiro atoms. The molecule has 0 unspecified atom stereocenters. The van der Waals surface area contributed by atoms with Crippen molar-refractivity contribution in [2.45, 2.75) is 26.2 Å². The normalized spacial score (nSPS) is 10.3. The van der Waals surface area contributed by atoms with E-state index in [-0.39, 0.29) is 11.6 Å². The number of halogens is 2. The molecule has 2 aromatic rings. The van der Waals surface area contributed by atoms with Crippen molar-refractivity contribution < 1.29 is 18.4 Å². The van der Waals surface area contributed by atoms with Crippen LogP contribution in [0.25, 0.3) is 0 Å². The molecule has 24 heavy (non-hydrogen) atoms. The Morgan fingerprint density at radius 3 is 2.33 bits per heavy atom. The van der Waals surface area contributed by atoms with Crippen LogP contribution < -0.4 is 10.6 Å². The Morgan fingerprint density at radius 1 is 1.00 bits per heavy atom. The summed E-state index contributed by atoms with van der Waals surface area (Å²) in [6.45, 7) is 2.00. The van der Waals surface area contributed by atoms with Crippen molar-refractivity contribution in [3.05, 3.63) is 59.7 Å². The maximum Gasteiger partial charge on any atom is 0.255 e. The molecule has 0 saturated carbocycles. The molecule has 0 aliphatic rings. The van der Waals surface area contributed by atoms with Crippen molar-refractivity contribution >= 4 is 23.2 Å². The van der Waals surface area contributed by atoms with Gasteiger partial charge in [0.05, 0.1) is 5.69 Å². The third-order valence-corrected chi connectivity index (χ3v) is 3.37. The molecule has 0 radical (unpaired) electrons. The molecule has 2 N–H and O–H groups in total. The molecule has 2 amide bonds. The summed E-state index contributed by atoms with van der Waals surface area (Å²) in [6, 6.07) is 9.15. The highest BCUT2D eigenvalue weighted by molar-refractivity contribution is 6.04. The smallest absolute Gasteiger partial charge is 0.255 e. The van der Waals surface area contributed by atoms with E-state index in [1.807, 2.05) is 6.92 Å². The molecule has 2 aromatic carbocycles. The van der Waals surface area contributed by atoms with Crippen LogP contribution in [0.1, 0.15) is 36.5 Å². The van der Waals surface area contributed by atoms with Gasteiger partial charge in [-0.3, -0.25) is 9.59 Å². The van der Waals surface area contributed by atoms with Gasteiger partial charge in [-0.2, -0.15) is 0 Å². The van der Waals surface area contributed by atoms with Gasteiger partial charge in [-0.05, 0) is 42.8 Å². The topological polar surface area (TPSA) is 58.2 Å². The van der Waals surface area contributed by atoms with E-state index in [1.165, 1.54) is 12.1 Å². The zero-order valence-electron chi connectivity index (χ0n) is 13.2. The fraction of sp³-hybridized carbons (Fsp3) is 0.222. The van der Waals surface area contributed by atoms with Crippen LogP contribution in [0.4, 0.5) is 20.2 Å². The standard InChI is InChI=1S/C18H18F2N2O2/c1-2-3-4-17(23)21-14-8-5-12(6-9-14)18(24)22-16-10-7-13(19)11-15(16)20/h5-11H,2-4H2,1H3,(H,21,23)(H,22,24). The summed E-state index contributed by atoms with van der Waals surface area (Å²) >= 11 is 0. The number of carbonyl (C=O) groups is 2. The summed E-state index contributed by atoms with van der Waals surface area (Å²) in [5, 5.41) is 5.11. The SMILES string of the molecule is CCCCC(=O)Nc1ccc(C(=O)Nc2ccc(F)cc2F)cc1. The van der Waals surface area contributed by atoms with Gasteiger partial charge in [0.15, 0.2) is 0 Å². The first-order valence-corrected chi connectivity index (χ1v) is 7.66. The van der Waals surface area contributed by atoms with Gasteiger partial charge < -0.3 is 10.6 Å². The zero-order valence-corrected chi connectivity index (χ0v) is 13.2. The first-order chi connectivity index (χ1) is 11.5. The van der Waals surface area contributed by atoms with E-state index in [0.29, 0.717) is 23.7 Å². The van der Waals surface area contributed by atoms with Gasteiger partial charge in [0, 0.05) is 23.7 Å². The first kappa shape index (κ1) is 17.6. The molecule has 0 saturated heterocycles. The molecule has 0 bridgehead atoms. The van der Waals surface area contributed by atoms with Crippen molar-refractivity contribution in [1.82, 2.24) is 0 Å².